The molecule has 0 saturated carbocycles. The van der Waals surface area contributed by atoms with E-state index in [-0.39, 0.29) is 5.91 Å². The molecule has 0 bridgehead atoms. The smallest absolute Gasteiger partial charge is 0.252 e. The lowest BCUT2D eigenvalue weighted by molar-refractivity contribution is 0.0948. The molecule has 6 rings (SSSR count). The highest BCUT2D eigenvalue weighted by Gasteiger charge is 2.45. The van der Waals surface area contributed by atoms with Crippen LogP contribution in [0.2, 0.25) is 0 Å². The highest BCUT2D eigenvalue weighted by Crippen LogP contribution is 2.43. The summed E-state index contributed by atoms with van der Waals surface area (Å²) < 4.78 is 12.1. The molecule has 0 fully saturated rings. The second kappa shape index (κ2) is 9.56. The molecule has 5 aromatic carbocycles. The zero-order chi connectivity index (χ0) is 26.1. The molecule has 4 nitrogen and oxygen atoms in total. The summed E-state index contributed by atoms with van der Waals surface area (Å²) in [6.07, 6.45) is 0. The van der Waals surface area contributed by atoms with E-state index in [1.54, 1.807) is 0 Å². The van der Waals surface area contributed by atoms with Gasteiger partial charge in [0.05, 0.1) is 0 Å². The van der Waals surface area contributed by atoms with Crippen molar-refractivity contribution in [2.75, 3.05) is 0 Å². The SMILES string of the molecule is Cc1ccc(Oc2ccc(C3(c4ccc(Oc5ccc(C)cc5)cc4)NC(=O)c4ccccc43)cc2)cc1. The molecule has 38 heavy (non-hydrogen) atoms. The van der Waals surface area contributed by atoms with E-state index < -0.39 is 5.54 Å². The normalized spacial score (nSPS) is 13.5. The van der Waals surface area contributed by atoms with E-state index in [1.165, 1.54) is 11.1 Å². The zero-order valence-corrected chi connectivity index (χ0v) is 21.3. The molecule has 0 radical (unpaired) electrons. The molecule has 5 aromatic rings. The topological polar surface area (TPSA) is 47.6 Å². The van der Waals surface area contributed by atoms with Gasteiger partial charge in [-0.15, -0.1) is 0 Å². The first-order chi connectivity index (χ1) is 18.5. The Bertz CT molecular complexity index is 1500. The van der Waals surface area contributed by atoms with Gasteiger partial charge in [0.1, 0.15) is 28.5 Å². The largest absolute Gasteiger partial charge is 0.457 e. The number of amides is 1. The number of hydrogen-bond donors (Lipinski definition) is 1. The average molecular weight is 498 g/mol. The van der Waals surface area contributed by atoms with Gasteiger partial charge in [-0.2, -0.15) is 0 Å². The third-order valence-electron chi connectivity index (χ3n) is 6.96. The Morgan fingerprint density at radius 1 is 0.526 bits per heavy atom. The number of aryl methyl sites for hydroxylation is 2. The third kappa shape index (κ3) is 4.31. The molecule has 0 unspecified atom stereocenters. The third-order valence-corrected chi connectivity index (χ3v) is 6.96. The van der Waals surface area contributed by atoms with Crippen LogP contribution in [0.4, 0.5) is 0 Å². The van der Waals surface area contributed by atoms with Crippen molar-refractivity contribution in [2.24, 2.45) is 0 Å². The minimum absolute atomic E-state index is 0.0967. The molecule has 1 heterocycles. The van der Waals surface area contributed by atoms with E-state index in [2.05, 4.69) is 5.32 Å². The fraction of sp³-hybridized carbons (Fsp3) is 0.0882. The predicted molar refractivity (Wildman–Crippen MR) is 149 cm³/mol. The molecule has 0 aromatic heterocycles. The van der Waals surface area contributed by atoms with Crippen LogP contribution in [0, 0.1) is 13.8 Å². The molecular weight excluding hydrogens is 470 g/mol. The van der Waals surface area contributed by atoms with Crippen LogP contribution in [-0.2, 0) is 5.54 Å². The van der Waals surface area contributed by atoms with Crippen molar-refractivity contribution < 1.29 is 14.3 Å². The second-order valence-corrected chi connectivity index (χ2v) is 9.63. The van der Waals surface area contributed by atoms with Gasteiger partial charge in [-0.1, -0.05) is 77.9 Å². The Hall–Kier alpha value is -4.83. The lowest BCUT2D eigenvalue weighted by atomic mass is 9.78. The Morgan fingerprint density at radius 2 is 0.921 bits per heavy atom. The van der Waals surface area contributed by atoms with Gasteiger partial charge in [0, 0.05) is 5.56 Å². The Labute approximate surface area is 222 Å². The van der Waals surface area contributed by atoms with Crippen LogP contribution < -0.4 is 14.8 Å². The molecule has 4 heteroatoms. The minimum Gasteiger partial charge on any atom is -0.457 e. The first kappa shape index (κ1) is 23.6. The van der Waals surface area contributed by atoms with Gasteiger partial charge in [0.25, 0.3) is 5.91 Å². The number of carbonyl (C=O) groups excluding carboxylic acids is 1. The quantitative estimate of drug-likeness (QED) is 0.259. The van der Waals surface area contributed by atoms with Crippen molar-refractivity contribution in [1.82, 2.24) is 5.32 Å². The first-order valence-corrected chi connectivity index (χ1v) is 12.6. The van der Waals surface area contributed by atoms with Crippen molar-refractivity contribution in [3.8, 4) is 23.0 Å². The van der Waals surface area contributed by atoms with Gasteiger partial charge < -0.3 is 14.8 Å². The molecule has 0 saturated heterocycles. The van der Waals surface area contributed by atoms with Crippen LogP contribution in [-0.4, -0.2) is 5.91 Å². The van der Waals surface area contributed by atoms with E-state index in [4.69, 9.17) is 9.47 Å². The number of benzene rings is 5. The van der Waals surface area contributed by atoms with E-state index in [9.17, 15) is 4.79 Å². The Balaban J connectivity index is 1.37. The van der Waals surface area contributed by atoms with E-state index in [0.29, 0.717) is 5.56 Å². The summed E-state index contributed by atoms with van der Waals surface area (Å²) in [4.78, 5) is 13.1. The van der Waals surface area contributed by atoms with E-state index in [1.807, 2.05) is 135 Å². The van der Waals surface area contributed by atoms with Crippen LogP contribution in [0.3, 0.4) is 0 Å². The molecule has 0 aliphatic carbocycles. The molecular formula is C34H27NO3. The summed E-state index contributed by atoms with van der Waals surface area (Å²) in [5, 5.41) is 3.30. The minimum atomic E-state index is -0.835. The molecule has 0 spiro atoms. The molecule has 1 aliphatic heterocycles. The molecule has 1 amide bonds. The van der Waals surface area contributed by atoms with Crippen molar-refractivity contribution in [1.29, 1.82) is 0 Å². The lowest BCUT2D eigenvalue weighted by Crippen LogP contribution is -2.41. The van der Waals surface area contributed by atoms with Gasteiger partial charge >= 0.3 is 0 Å². The summed E-state index contributed by atoms with van der Waals surface area (Å²) >= 11 is 0. The number of rotatable bonds is 6. The predicted octanol–water partition coefficient (Wildman–Crippen LogP) is 7.92. The van der Waals surface area contributed by atoms with Crippen LogP contribution in [0.15, 0.2) is 121 Å². The van der Waals surface area contributed by atoms with Crippen LogP contribution in [0.25, 0.3) is 0 Å². The van der Waals surface area contributed by atoms with Gasteiger partial charge in [0.15, 0.2) is 0 Å². The summed E-state index contributed by atoms with van der Waals surface area (Å²) in [5.74, 6) is 2.92. The lowest BCUT2D eigenvalue weighted by Gasteiger charge is -2.32. The maximum atomic E-state index is 13.1. The van der Waals surface area contributed by atoms with E-state index in [0.717, 1.165) is 39.7 Å². The highest BCUT2D eigenvalue weighted by molar-refractivity contribution is 6.01. The Kier molecular flexibility index (Phi) is 5.93. The van der Waals surface area contributed by atoms with Crippen molar-refractivity contribution in [2.45, 2.75) is 19.4 Å². The average Bonchev–Trinajstić information content (AvgIpc) is 3.25. The maximum absolute atomic E-state index is 13.1. The number of ether oxygens (including phenoxy) is 2. The number of nitrogens with one attached hydrogen (secondary N) is 1. The number of carbonyl (C=O) groups is 1. The Morgan fingerprint density at radius 3 is 1.37 bits per heavy atom. The molecule has 0 atom stereocenters. The molecule has 186 valence electrons. The summed E-state index contributed by atoms with van der Waals surface area (Å²) in [7, 11) is 0. The van der Waals surface area contributed by atoms with Crippen molar-refractivity contribution in [3.63, 3.8) is 0 Å². The van der Waals surface area contributed by atoms with Crippen molar-refractivity contribution in [3.05, 3.63) is 155 Å². The number of fused-ring (bicyclic) bond motifs is 1. The summed E-state index contributed by atoms with van der Waals surface area (Å²) in [6.45, 7) is 4.10. The second-order valence-electron chi connectivity index (χ2n) is 9.63. The molecule has 1 aliphatic rings. The monoisotopic (exact) mass is 497 g/mol. The van der Waals surface area contributed by atoms with Gasteiger partial charge in [0.2, 0.25) is 0 Å². The van der Waals surface area contributed by atoms with Gasteiger partial charge in [-0.25, -0.2) is 0 Å². The standard InChI is InChI=1S/C34H27NO3/c1-23-7-15-27(16-8-23)37-29-19-11-25(12-20-29)34(32-6-4-3-5-31(32)33(36)35-34)26-13-21-30(22-14-26)38-28-17-9-24(2)10-18-28/h3-22H,1-2H3,(H,35,36). The molecule has 1 N–H and O–H groups in total. The van der Waals surface area contributed by atoms with E-state index >= 15 is 0 Å². The maximum Gasteiger partial charge on any atom is 0.252 e. The summed E-state index contributed by atoms with van der Waals surface area (Å²) in [5.41, 5.74) is 5.01. The van der Waals surface area contributed by atoms with Gasteiger partial charge in [-0.3, -0.25) is 4.79 Å². The number of hydrogen-bond acceptors (Lipinski definition) is 3. The highest BCUT2D eigenvalue weighted by atomic mass is 16.5. The fourth-order valence-corrected chi connectivity index (χ4v) is 4.97. The zero-order valence-electron chi connectivity index (χ0n) is 21.3. The van der Waals surface area contributed by atoms with Crippen molar-refractivity contribution >= 4 is 5.91 Å². The van der Waals surface area contributed by atoms with Crippen LogP contribution in [0.5, 0.6) is 23.0 Å². The summed E-state index contributed by atoms with van der Waals surface area (Å²) in [6, 6.07) is 39.5. The van der Waals surface area contributed by atoms with Crippen LogP contribution in [0.1, 0.15) is 38.2 Å². The first-order valence-electron chi connectivity index (χ1n) is 12.6. The fourth-order valence-electron chi connectivity index (χ4n) is 4.97. The van der Waals surface area contributed by atoms with Crippen LogP contribution >= 0.6 is 0 Å². The van der Waals surface area contributed by atoms with Gasteiger partial charge in [-0.05, 0) is 85.1 Å².